The average molecular weight is 423 g/mol. The summed E-state index contributed by atoms with van der Waals surface area (Å²) in [6.45, 7) is 0.468. The molecule has 0 spiro atoms. The molecule has 6 nitrogen and oxygen atoms in total. The van der Waals surface area contributed by atoms with Gasteiger partial charge in [-0.1, -0.05) is 36.4 Å². The number of hydrogen-bond acceptors (Lipinski definition) is 4. The first-order valence-electron chi connectivity index (χ1n) is 10.1. The molecule has 1 saturated heterocycles. The number of halogens is 2. The van der Waals surface area contributed by atoms with Crippen molar-refractivity contribution in [3.63, 3.8) is 0 Å². The van der Waals surface area contributed by atoms with Crippen molar-refractivity contribution in [2.75, 3.05) is 6.54 Å². The number of aromatic nitrogens is 2. The predicted octanol–water partition coefficient (Wildman–Crippen LogP) is 3.22. The molecule has 31 heavy (non-hydrogen) atoms. The van der Waals surface area contributed by atoms with Crippen LogP contribution in [0.1, 0.15) is 46.4 Å². The van der Waals surface area contributed by atoms with E-state index in [1.807, 2.05) is 30.3 Å². The molecule has 158 valence electrons. The van der Waals surface area contributed by atoms with E-state index < -0.39 is 40.7 Å². The van der Waals surface area contributed by atoms with Crippen molar-refractivity contribution in [2.45, 2.75) is 30.8 Å². The van der Waals surface area contributed by atoms with Crippen LogP contribution < -0.4 is 5.43 Å². The van der Waals surface area contributed by atoms with E-state index in [1.54, 1.807) is 4.90 Å². The Morgan fingerprint density at radius 3 is 2.61 bits per heavy atom. The highest BCUT2D eigenvalue weighted by molar-refractivity contribution is 5.96. The highest BCUT2D eigenvalue weighted by Crippen LogP contribution is 2.46. The minimum absolute atomic E-state index is 0.195. The van der Waals surface area contributed by atoms with Gasteiger partial charge in [-0.2, -0.15) is 5.10 Å². The molecule has 1 fully saturated rings. The Morgan fingerprint density at radius 1 is 1.10 bits per heavy atom. The zero-order valence-electron chi connectivity index (χ0n) is 16.4. The van der Waals surface area contributed by atoms with Crippen LogP contribution in [0.2, 0.25) is 0 Å². The minimum atomic E-state index is -0.750. The maximum absolute atomic E-state index is 15.0. The Balaban J connectivity index is 1.79. The van der Waals surface area contributed by atoms with Gasteiger partial charge in [0, 0.05) is 18.5 Å². The Morgan fingerprint density at radius 2 is 1.87 bits per heavy atom. The molecule has 2 aliphatic heterocycles. The molecule has 2 aromatic carbocycles. The van der Waals surface area contributed by atoms with Crippen LogP contribution in [0.15, 0.2) is 59.5 Å². The van der Waals surface area contributed by atoms with Crippen LogP contribution in [-0.2, 0) is 0 Å². The number of benzene rings is 2. The fourth-order valence-electron chi connectivity index (χ4n) is 4.92. The fourth-order valence-corrected chi connectivity index (χ4v) is 4.92. The lowest BCUT2D eigenvalue weighted by atomic mass is 9.79. The van der Waals surface area contributed by atoms with Crippen molar-refractivity contribution in [1.29, 1.82) is 0 Å². The molecule has 3 aromatic rings. The van der Waals surface area contributed by atoms with Crippen molar-refractivity contribution in [2.24, 2.45) is 0 Å². The first kappa shape index (κ1) is 19.4. The van der Waals surface area contributed by atoms with Crippen molar-refractivity contribution in [1.82, 2.24) is 14.7 Å². The summed E-state index contributed by atoms with van der Waals surface area (Å²) >= 11 is 0. The number of carbonyl (C=O) groups is 1. The molecule has 8 heteroatoms. The van der Waals surface area contributed by atoms with Gasteiger partial charge in [-0.05, 0) is 30.0 Å². The molecule has 3 atom stereocenters. The lowest BCUT2D eigenvalue weighted by Gasteiger charge is -2.42. The topological polar surface area (TPSA) is 75.4 Å². The Labute approximate surface area is 176 Å². The second kappa shape index (κ2) is 7.30. The first-order valence-corrected chi connectivity index (χ1v) is 10.1. The Kier molecular flexibility index (Phi) is 4.57. The summed E-state index contributed by atoms with van der Waals surface area (Å²) < 4.78 is 30.1. The second-order valence-electron chi connectivity index (χ2n) is 7.90. The predicted molar refractivity (Wildman–Crippen MR) is 108 cm³/mol. The van der Waals surface area contributed by atoms with E-state index in [1.165, 1.54) is 16.8 Å². The Hall–Kier alpha value is -3.55. The van der Waals surface area contributed by atoms with Gasteiger partial charge >= 0.3 is 0 Å². The number of nitrogens with zero attached hydrogens (tertiary/aromatic N) is 3. The van der Waals surface area contributed by atoms with E-state index in [9.17, 15) is 19.1 Å². The normalized spacial score (nSPS) is 21.0. The summed E-state index contributed by atoms with van der Waals surface area (Å²) in [5.41, 5.74) is 0.0641. The molecular weight excluding hydrogens is 404 g/mol. The van der Waals surface area contributed by atoms with Crippen LogP contribution in [0.25, 0.3) is 0 Å². The third kappa shape index (κ3) is 3.01. The SMILES string of the molecule is O=C1c2c(O)c(=O)cnn2[C@@H](C(c2ccccc2)c2ccc(F)cc2F)[C@H]2CCCN12. The second-order valence-corrected chi connectivity index (χ2v) is 7.90. The lowest BCUT2D eigenvalue weighted by molar-refractivity contribution is 0.0564. The third-order valence-electron chi connectivity index (χ3n) is 6.22. The van der Waals surface area contributed by atoms with Gasteiger partial charge in [0.1, 0.15) is 11.6 Å². The van der Waals surface area contributed by atoms with Gasteiger partial charge < -0.3 is 10.0 Å². The van der Waals surface area contributed by atoms with E-state index in [-0.39, 0.29) is 17.3 Å². The largest absolute Gasteiger partial charge is 0.502 e. The van der Waals surface area contributed by atoms with Gasteiger partial charge in [-0.25, -0.2) is 8.78 Å². The van der Waals surface area contributed by atoms with Gasteiger partial charge in [-0.3, -0.25) is 14.3 Å². The van der Waals surface area contributed by atoms with Crippen LogP contribution in [0.5, 0.6) is 5.75 Å². The number of rotatable bonds is 3. The summed E-state index contributed by atoms with van der Waals surface area (Å²) in [6.07, 6.45) is 2.36. The highest BCUT2D eigenvalue weighted by atomic mass is 19.1. The molecule has 1 aromatic heterocycles. The zero-order chi connectivity index (χ0) is 21.7. The summed E-state index contributed by atoms with van der Waals surface area (Å²) in [7, 11) is 0. The summed E-state index contributed by atoms with van der Waals surface area (Å²) in [5.74, 6) is -3.15. The monoisotopic (exact) mass is 423 g/mol. The van der Waals surface area contributed by atoms with Crippen LogP contribution >= 0.6 is 0 Å². The molecule has 1 N–H and O–H groups in total. The lowest BCUT2D eigenvalue weighted by Crippen LogP contribution is -2.51. The van der Waals surface area contributed by atoms with Crippen molar-refractivity contribution >= 4 is 5.91 Å². The molecule has 3 heterocycles. The molecule has 5 rings (SSSR count). The smallest absolute Gasteiger partial charge is 0.276 e. The van der Waals surface area contributed by atoms with E-state index >= 15 is 4.39 Å². The van der Waals surface area contributed by atoms with E-state index in [0.29, 0.717) is 13.0 Å². The van der Waals surface area contributed by atoms with Crippen molar-refractivity contribution in [3.05, 3.63) is 93.4 Å². The molecule has 1 amide bonds. The molecular formula is C23H19F2N3O3. The first-order chi connectivity index (χ1) is 15.0. The van der Waals surface area contributed by atoms with Gasteiger partial charge in [0.15, 0.2) is 11.4 Å². The van der Waals surface area contributed by atoms with Gasteiger partial charge in [0.05, 0.1) is 18.3 Å². The molecule has 0 aliphatic carbocycles. The van der Waals surface area contributed by atoms with Crippen LogP contribution in [-0.4, -0.2) is 38.3 Å². The number of carbonyl (C=O) groups excluding carboxylic acids is 1. The minimum Gasteiger partial charge on any atom is -0.502 e. The Bertz CT molecular complexity index is 1230. The molecule has 1 unspecified atom stereocenters. The fraction of sp³-hybridized carbons (Fsp3) is 0.261. The summed E-state index contributed by atoms with van der Waals surface area (Å²) in [5, 5.41) is 14.6. The van der Waals surface area contributed by atoms with Gasteiger partial charge in [0.2, 0.25) is 5.43 Å². The maximum atomic E-state index is 15.0. The van der Waals surface area contributed by atoms with Crippen LogP contribution in [0.3, 0.4) is 0 Å². The summed E-state index contributed by atoms with van der Waals surface area (Å²) in [4.78, 5) is 26.7. The molecule has 0 bridgehead atoms. The number of hydrogen-bond donors (Lipinski definition) is 1. The van der Waals surface area contributed by atoms with Crippen molar-refractivity contribution in [3.8, 4) is 5.75 Å². The average Bonchev–Trinajstić information content (AvgIpc) is 3.25. The van der Waals surface area contributed by atoms with Gasteiger partial charge in [-0.15, -0.1) is 0 Å². The van der Waals surface area contributed by atoms with Crippen LogP contribution in [0, 0.1) is 11.6 Å². The van der Waals surface area contributed by atoms with Crippen molar-refractivity contribution < 1.29 is 18.7 Å². The maximum Gasteiger partial charge on any atom is 0.276 e. The quantitative estimate of drug-likeness (QED) is 0.702. The highest BCUT2D eigenvalue weighted by Gasteiger charge is 2.48. The number of fused-ring (bicyclic) bond motifs is 2. The third-order valence-corrected chi connectivity index (χ3v) is 6.22. The van der Waals surface area contributed by atoms with E-state index in [2.05, 4.69) is 5.10 Å². The molecule has 0 saturated carbocycles. The standard InChI is InChI=1S/C23H19F2N3O3/c24-14-8-9-15(16(25)11-14)19(13-5-2-1-3-6-13)20-17-7-4-10-27(17)23(31)21-22(30)18(29)12-26-28(20)21/h1-3,5-6,8-9,11-12,17,19-20,30H,4,7,10H2/t17-,19?,20-/m1/s1. The van der Waals surface area contributed by atoms with Crippen LogP contribution in [0.4, 0.5) is 8.78 Å². The van der Waals surface area contributed by atoms with Gasteiger partial charge in [0.25, 0.3) is 5.91 Å². The number of amides is 1. The molecule has 2 aliphatic rings. The molecule has 0 radical (unpaired) electrons. The number of aromatic hydroxyl groups is 1. The zero-order valence-corrected chi connectivity index (χ0v) is 16.4. The van der Waals surface area contributed by atoms with E-state index in [4.69, 9.17) is 0 Å². The summed E-state index contributed by atoms with van der Waals surface area (Å²) in [6, 6.07) is 11.7. The van der Waals surface area contributed by atoms with E-state index in [0.717, 1.165) is 24.2 Å².